The summed E-state index contributed by atoms with van der Waals surface area (Å²) in [7, 11) is 0. The van der Waals surface area contributed by atoms with Crippen LogP contribution in [0, 0.1) is 0 Å². The molecule has 24 heavy (non-hydrogen) atoms. The smallest absolute Gasteiger partial charge is 0.252 e. The second-order valence-corrected chi connectivity index (χ2v) is 5.92. The molecule has 0 aliphatic rings. The Morgan fingerprint density at radius 1 is 1.25 bits per heavy atom. The molecule has 8 heteroatoms. The van der Waals surface area contributed by atoms with Gasteiger partial charge in [-0.2, -0.15) is 20.4 Å². The van der Waals surface area contributed by atoms with Gasteiger partial charge in [0.1, 0.15) is 0 Å². The van der Waals surface area contributed by atoms with E-state index in [-0.39, 0.29) is 5.91 Å². The molecule has 2 heterocycles. The first-order valence-electron chi connectivity index (χ1n) is 7.60. The Hall–Kier alpha value is -3.03. The first-order valence-corrected chi connectivity index (χ1v) is 7.60. The van der Waals surface area contributed by atoms with E-state index < -0.39 is 5.54 Å². The molecule has 1 amide bonds. The van der Waals surface area contributed by atoms with Crippen molar-refractivity contribution in [2.24, 2.45) is 0 Å². The van der Waals surface area contributed by atoms with E-state index in [0.29, 0.717) is 30.1 Å². The van der Waals surface area contributed by atoms with Crippen molar-refractivity contribution in [2.75, 3.05) is 0 Å². The van der Waals surface area contributed by atoms with E-state index in [1.54, 1.807) is 18.3 Å². The Bertz CT molecular complexity index is 795. The molecule has 3 rings (SSSR count). The molecular formula is C16H18N6O2. The van der Waals surface area contributed by atoms with Crippen LogP contribution >= 0.6 is 0 Å². The zero-order chi connectivity index (χ0) is 17.0. The molecule has 124 valence electrons. The Morgan fingerprint density at radius 2 is 2.04 bits per heavy atom. The van der Waals surface area contributed by atoms with Crippen LogP contribution in [0.3, 0.4) is 0 Å². The molecule has 0 unspecified atom stereocenters. The summed E-state index contributed by atoms with van der Waals surface area (Å²) in [5.74, 6) is 0.742. The predicted molar refractivity (Wildman–Crippen MR) is 85.0 cm³/mol. The lowest BCUT2D eigenvalue weighted by atomic mass is 10.0. The lowest BCUT2D eigenvalue weighted by molar-refractivity contribution is 0.0907. The van der Waals surface area contributed by atoms with Gasteiger partial charge in [0.2, 0.25) is 5.89 Å². The van der Waals surface area contributed by atoms with Gasteiger partial charge in [0.25, 0.3) is 5.91 Å². The van der Waals surface area contributed by atoms with Gasteiger partial charge in [-0.15, -0.1) is 0 Å². The first-order chi connectivity index (χ1) is 11.5. The van der Waals surface area contributed by atoms with Crippen molar-refractivity contribution in [1.29, 1.82) is 0 Å². The van der Waals surface area contributed by atoms with Crippen LogP contribution in [0.1, 0.15) is 41.6 Å². The van der Waals surface area contributed by atoms with E-state index >= 15 is 0 Å². The van der Waals surface area contributed by atoms with E-state index in [0.717, 1.165) is 5.69 Å². The number of H-pyrrole nitrogens is 1. The third-order valence-corrected chi connectivity index (χ3v) is 3.55. The van der Waals surface area contributed by atoms with Gasteiger partial charge in [-0.3, -0.25) is 4.79 Å². The molecule has 0 atom stereocenters. The molecule has 0 saturated carbocycles. The van der Waals surface area contributed by atoms with Gasteiger partial charge >= 0.3 is 0 Å². The molecule has 0 aliphatic heterocycles. The fourth-order valence-corrected chi connectivity index (χ4v) is 2.19. The van der Waals surface area contributed by atoms with Gasteiger partial charge in [-0.05, 0) is 26.0 Å². The second kappa shape index (κ2) is 6.61. The van der Waals surface area contributed by atoms with E-state index in [9.17, 15) is 4.79 Å². The quantitative estimate of drug-likeness (QED) is 0.712. The molecule has 0 fully saturated rings. The summed E-state index contributed by atoms with van der Waals surface area (Å²) in [5.41, 5.74) is 0.662. The van der Waals surface area contributed by atoms with E-state index in [1.165, 1.54) is 0 Å². The number of hydrogen-bond acceptors (Lipinski definition) is 6. The van der Waals surface area contributed by atoms with Crippen molar-refractivity contribution >= 4 is 5.91 Å². The average molecular weight is 326 g/mol. The van der Waals surface area contributed by atoms with Crippen molar-refractivity contribution in [2.45, 2.75) is 32.2 Å². The molecule has 0 aliphatic carbocycles. The zero-order valence-electron chi connectivity index (χ0n) is 13.5. The largest absolute Gasteiger partial charge is 0.340 e. The van der Waals surface area contributed by atoms with Gasteiger partial charge in [-0.1, -0.05) is 23.4 Å². The number of nitrogens with one attached hydrogen (secondary N) is 2. The van der Waals surface area contributed by atoms with Gasteiger partial charge in [0.15, 0.2) is 5.82 Å². The van der Waals surface area contributed by atoms with Crippen molar-refractivity contribution in [3.8, 4) is 0 Å². The zero-order valence-corrected chi connectivity index (χ0v) is 13.5. The SMILES string of the molecule is CC(C)(NC(=O)c1ccccc1)c1noc(CCc2cn[nH]n2)n1. The average Bonchev–Trinajstić information content (AvgIpc) is 3.25. The molecule has 2 N–H and O–H groups in total. The fraction of sp³-hybridized carbons (Fsp3) is 0.312. The number of aromatic amines is 1. The minimum Gasteiger partial charge on any atom is -0.340 e. The molecule has 1 aromatic carbocycles. The highest BCUT2D eigenvalue weighted by atomic mass is 16.5. The van der Waals surface area contributed by atoms with Gasteiger partial charge in [0, 0.05) is 18.4 Å². The normalized spacial score (nSPS) is 11.4. The fourth-order valence-electron chi connectivity index (χ4n) is 2.19. The van der Waals surface area contributed by atoms with Gasteiger partial charge in [-0.25, -0.2) is 0 Å². The maximum atomic E-state index is 12.3. The van der Waals surface area contributed by atoms with Crippen LogP contribution < -0.4 is 5.32 Å². The third-order valence-electron chi connectivity index (χ3n) is 3.55. The summed E-state index contributed by atoms with van der Waals surface area (Å²) in [4.78, 5) is 16.7. The Labute approximate surface area is 138 Å². The van der Waals surface area contributed by atoms with Crippen LogP contribution in [0.4, 0.5) is 0 Å². The minimum atomic E-state index is -0.747. The maximum absolute atomic E-state index is 12.3. The number of nitrogens with zero attached hydrogens (tertiary/aromatic N) is 4. The lowest BCUT2D eigenvalue weighted by Gasteiger charge is -2.22. The molecule has 0 radical (unpaired) electrons. The van der Waals surface area contributed by atoms with Crippen LogP contribution in [-0.2, 0) is 18.4 Å². The van der Waals surface area contributed by atoms with Crippen molar-refractivity contribution in [3.05, 3.63) is 59.5 Å². The second-order valence-electron chi connectivity index (χ2n) is 5.92. The number of carbonyl (C=O) groups is 1. The van der Waals surface area contributed by atoms with Crippen molar-refractivity contribution in [3.63, 3.8) is 0 Å². The lowest BCUT2D eigenvalue weighted by Crippen LogP contribution is -2.41. The Kier molecular flexibility index (Phi) is 4.37. The topological polar surface area (TPSA) is 110 Å². The predicted octanol–water partition coefficient (Wildman–Crippen LogP) is 1.64. The number of benzene rings is 1. The summed E-state index contributed by atoms with van der Waals surface area (Å²) in [6, 6.07) is 9.01. The summed E-state index contributed by atoms with van der Waals surface area (Å²) in [6.07, 6.45) is 2.86. The summed E-state index contributed by atoms with van der Waals surface area (Å²) < 4.78 is 5.27. The number of aromatic nitrogens is 5. The maximum Gasteiger partial charge on any atom is 0.252 e. The number of rotatable bonds is 6. The molecule has 2 aromatic heterocycles. The van der Waals surface area contributed by atoms with Crippen LogP contribution in [0.15, 0.2) is 41.1 Å². The highest BCUT2D eigenvalue weighted by Gasteiger charge is 2.29. The number of carbonyl (C=O) groups excluding carboxylic acids is 1. The number of aryl methyl sites for hydroxylation is 2. The van der Waals surface area contributed by atoms with E-state index in [1.807, 2.05) is 32.0 Å². The molecule has 8 nitrogen and oxygen atoms in total. The molecule has 0 saturated heterocycles. The third kappa shape index (κ3) is 3.65. The summed E-state index contributed by atoms with van der Waals surface area (Å²) in [6.45, 7) is 3.67. The van der Waals surface area contributed by atoms with Gasteiger partial charge in [0.05, 0.1) is 17.4 Å². The highest BCUT2D eigenvalue weighted by molar-refractivity contribution is 5.94. The number of hydrogen-bond donors (Lipinski definition) is 2. The first kappa shape index (κ1) is 15.9. The number of amides is 1. The van der Waals surface area contributed by atoms with Crippen LogP contribution in [0.5, 0.6) is 0 Å². The summed E-state index contributed by atoms with van der Waals surface area (Å²) in [5, 5.41) is 17.2. The molecule has 0 bridgehead atoms. The van der Waals surface area contributed by atoms with Crippen molar-refractivity contribution < 1.29 is 9.32 Å². The molecular weight excluding hydrogens is 308 g/mol. The Morgan fingerprint density at radius 3 is 2.75 bits per heavy atom. The summed E-state index contributed by atoms with van der Waals surface area (Å²) >= 11 is 0. The minimum absolute atomic E-state index is 0.186. The monoisotopic (exact) mass is 326 g/mol. The van der Waals surface area contributed by atoms with Crippen LogP contribution in [0.25, 0.3) is 0 Å². The van der Waals surface area contributed by atoms with E-state index in [4.69, 9.17) is 4.52 Å². The van der Waals surface area contributed by atoms with Gasteiger partial charge < -0.3 is 9.84 Å². The Balaban J connectivity index is 1.65. The van der Waals surface area contributed by atoms with Crippen LogP contribution in [0.2, 0.25) is 0 Å². The standard InChI is InChI=1S/C16H18N6O2/c1-16(2,19-14(23)11-6-4-3-5-7-11)15-18-13(24-21-15)9-8-12-10-17-22-20-12/h3-7,10H,8-9H2,1-2H3,(H,19,23)(H,17,20,22). The molecule has 0 spiro atoms. The highest BCUT2D eigenvalue weighted by Crippen LogP contribution is 2.18. The van der Waals surface area contributed by atoms with Crippen LogP contribution in [-0.4, -0.2) is 31.5 Å². The van der Waals surface area contributed by atoms with E-state index in [2.05, 4.69) is 30.9 Å². The molecule has 3 aromatic rings. The van der Waals surface area contributed by atoms with Crippen molar-refractivity contribution in [1.82, 2.24) is 30.9 Å².